The summed E-state index contributed by atoms with van der Waals surface area (Å²) in [6.45, 7) is 2.51. The molecule has 0 bridgehead atoms. The third-order valence-electron chi connectivity index (χ3n) is 2.36. The summed E-state index contributed by atoms with van der Waals surface area (Å²) in [6.07, 6.45) is 2.89. The van der Waals surface area contributed by atoms with E-state index >= 15 is 0 Å². The number of aromatic nitrogens is 2. The second-order valence-corrected chi connectivity index (χ2v) is 3.70. The molecule has 2 rings (SSSR count). The Bertz CT molecular complexity index is 599. The summed E-state index contributed by atoms with van der Waals surface area (Å²) in [5.74, 6) is 1.28. The van der Waals surface area contributed by atoms with Gasteiger partial charge in [-0.15, -0.1) is 0 Å². The molecule has 7 nitrogen and oxygen atoms in total. The molecule has 1 aromatic carbocycles. The molecule has 0 atom stereocenters. The number of amidine groups is 1. The average Bonchev–Trinajstić information content (AvgIpc) is 2.49. The van der Waals surface area contributed by atoms with Gasteiger partial charge in [0.2, 0.25) is 5.88 Å². The van der Waals surface area contributed by atoms with Crippen molar-refractivity contribution in [2.75, 3.05) is 6.61 Å². The predicted octanol–water partition coefficient (Wildman–Crippen LogP) is 1.76. The van der Waals surface area contributed by atoms with E-state index in [4.69, 9.17) is 20.4 Å². The molecular formula is C13H14N4O3. The first kappa shape index (κ1) is 13.6. The SMILES string of the molecule is CCOc1ccc(Oc2nccnc2C(N)=NO)cc1. The first-order valence-corrected chi connectivity index (χ1v) is 5.94. The van der Waals surface area contributed by atoms with Gasteiger partial charge in [0.15, 0.2) is 11.5 Å². The lowest BCUT2D eigenvalue weighted by molar-refractivity contribution is 0.318. The number of ether oxygens (including phenoxy) is 2. The average molecular weight is 274 g/mol. The molecule has 1 heterocycles. The molecule has 0 saturated heterocycles. The quantitative estimate of drug-likeness (QED) is 0.373. The van der Waals surface area contributed by atoms with Crippen molar-refractivity contribution in [2.24, 2.45) is 10.9 Å². The Kier molecular flexibility index (Phi) is 4.33. The minimum absolute atomic E-state index is 0.159. The summed E-state index contributed by atoms with van der Waals surface area (Å²) in [7, 11) is 0. The van der Waals surface area contributed by atoms with E-state index in [-0.39, 0.29) is 17.4 Å². The lowest BCUT2D eigenvalue weighted by Gasteiger charge is -2.08. The van der Waals surface area contributed by atoms with Crippen molar-refractivity contribution < 1.29 is 14.7 Å². The summed E-state index contributed by atoms with van der Waals surface area (Å²) in [5, 5.41) is 11.6. The molecule has 3 N–H and O–H groups in total. The van der Waals surface area contributed by atoms with E-state index in [0.29, 0.717) is 12.4 Å². The maximum absolute atomic E-state index is 8.70. The molecule has 0 aliphatic heterocycles. The van der Waals surface area contributed by atoms with Crippen LogP contribution in [0, 0.1) is 0 Å². The van der Waals surface area contributed by atoms with Crippen molar-refractivity contribution in [1.82, 2.24) is 9.97 Å². The molecule has 0 fully saturated rings. The Morgan fingerprint density at radius 3 is 2.50 bits per heavy atom. The third-order valence-corrected chi connectivity index (χ3v) is 2.36. The molecule has 20 heavy (non-hydrogen) atoms. The van der Waals surface area contributed by atoms with Crippen LogP contribution in [-0.2, 0) is 0 Å². The first-order chi connectivity index (χ1) is 9.74. The van der Waals surface area contributed by atoms with Crippen molar-refractivity contribution in [3.8, 4) is 17.4 Å². The standard InChI is InChI=1S/C13H14N4O3/c1-2-19-9-3-5-10(6-4-9)20-13-11(12(14)17-18)15-7-8-16-13/h3-8,18H,2H2,1H3,(H2,14,17). The van der Waals surface area contributed by atoms with E-state index in [9.17, 15) is 0 Å². The molecule has 2 aromatic rings. The summed E-state index contributed by atoms with van der Waals surface area (Å²) >= 11 is 0. The molecule has 0 radical (unpaired) electrons. The van der Waals surface area contributed by atoms with E-state index in [1.807, 2.05) is 6.92 Å². The summed E-state index contributed by atoms with van der Waals surface area (Å²) in [6, 6.07) is 7.02. The molecule has 0 aliphatic carbocycles. The van der Waals surface area contributed by atoms with E-state index in [1.165, 1.54) is 12.4 Å². The van der Waals surface area contributed by atoms with Crippen LogP contribution in [-0.4, -0.2) is 27.6 Å². The lowest BCUT2D eigenvalue weighted by atomic mass is 10.3. The highest BCUT2D eigenvalue weighted by molar-refractivity contribution is 5.97. The second-order valence-electron chi connectivity index (χ2n) is 3.70. The third kappa shape index (κ3) is 3.14. The molecule has 0 saturated carbocycles. The fraction of sp³-hybridized carbons (Fsp3) is 0.154. The normalized spacial score (nSPS) is 11.2. The molecule has 1 aromatic heterocycles. The van der Waals surface area contributed by atoms with E-state index in [0.717, 1.165) is 5.75 Å². The van der Waals surface area contributed by atoms with Gasteiger partial charge in [0.05, 0.1) is 6.61 Å². The van der Waals surface area contributed by atoms with E-state index in [2.05, 4.69) is 15.1 Å². The smallest absolute Gasteiger partial charge is 0.249 e. The van der Waals surface area contributed by atoms with Crippen LogP contribution in [0.2, 0.25) is 0 Å². The zero-order valence-corrected chi connectivity index (χ0v) is 10.9. The van der Waals surface area contributed by atoms with Crippen molar-refractivity contribution in [2.45, 2.75) is 6.92 Å². The summed E-state index contributed by atoms with van der Waals surface area (Å²) in [4.78, 5) is 7.98. The number of rotatable bonds is 5. The van der Waals surface area contributed by atoms with Crippen molar-refractivity contribution in [1.29, 1.82) is 0 Å². The minimum atomic E-state index is -0.168. The van der Waals surface area contributed by atoms with Crippen molar-refractivity contribution in [3.05, 3.63) is 42.4 Å². The Balaban J connectivity index is 2.21. The number of oxime groups is 1. The number of nitrogens with two attached hydrogens (primary N) is 1. The van der Waals surface area contributed by atoms with Crippen molar-refractivity contribution in [3.63, 3.8) is 0 Å². The fourth-order valence-corrected chi connectivity index (χ4v) is 1.51. The van der Waals surface area contributed by atoms with Crippen LogP contribution in [0.5, 0.6) is 17.4 Å². The maximum atomic E-state index is 8.70. The van der Waals surface area contributed by atoms with Crippen LogP contribution in [0.4, 0.5) is 0 Å². The van der Waals surface area contributed by atoms with Gasteiger partial charge in [-0.3, -0.25) is 0 Å². The highest BCUT2D eigenvalue weighted by atomic mass is 16.5. The zero-order valence-electron chi connectivity index (χ0n) is 10.9. The largest absolute Gasteiger partial charge is 0.494 e. The van der Waals surface area contributed by atoms with Gasteiger partial charge in [0.1, 0.15) is 11.5 Å². The van der Waals surface area contributed by atoms with Gasteiger partial charge in [0, 0.05) is 12.4 Å². The molecule has 0 unspecified atom stereocenters. The Labute approximate surface area is 115 Å². The summed E-state index contributed by atoms with van der Waals surface area (Å²) in [5.41, 5.74) is 5.68. The van der Waals surface area contributed by atoms with Crippen LogP contribution < -0.4 is 15.2 Å². The first-order valence-electron chi connectivity index (χ1n) is 5.94. The van der Waals surface area contributed by atoms with Gasteiger partial charge in [-0.1, -0.05) is 5.16 Å². The predicted molar refractivity (Wildman–Crippen MR) is 72.2 cm³/mol. The van der Waals surface area contributed by atoms with Gasteiger partial charge in [-0.25, -0.2) is 9.97 Å². The van der Waals surface area contributed by atoms with Gasteiger partial charge in [-0.2, -0.15) is 0 Å². The van der Waals surface area contributed by atoms with Crippen LogP contribution in [0.1, 0.15) is 12.6 Å². The van der Waals surface area contributed by atoms with E-state index < -0.39 is 0 Å². The number of benzene rings is 1. The van der Waals surface area contributed by atoms with Crippen LogP contribution in [0.25, 0.3) is 0 Å². The van der Waals surface area contributed by atoms with Gasteiger partial charge in [0.25, 0.3) is 0 Å². The molecule has 0 aliphatic rings. The lowest BCUT2D eigenvalue weighted by Crippen LogP contribution is -2.16. The monoisotopic (exact) mass is 274 g/mol. The number of hydrogen-bond acceptors (Lipinski definition) is 6. The Hall–Kier alpha value is -2.83. The van der Waals surface area contributed by atoms with Gasteiger partial charge < -0.3 is 20.4 Å². The Morgan fingerprint density at radius 1 is 1.20 bits per heavy atom. The van der Waals surface area contributed by atoms with Crippen LogP contribution in [0.3, 0.4) is 0 Å². The minimum Gasteiger partial charge on any atom is -0.494 e. The molecule has 0 amide bonds. The Morgan fingerprint density at radius 2 is 1.85 bits per heavy atom. The second kappa shape index (κ2) is 6.37. The molecule has 7 heteroatoms. The highest BCUT2D eigenvalue weighted by Gasteiger charge is 2.12. The molecule has 104 valence electrons. The van der Waals surface area contributed by atoms with Crippen LogP contribution >= 0.6 is 0 Å². The number of nitrogens with zero attached hydrogens (tertiary/aromatic N) is 3. The van der Waals surface area contributed by atoms with E-state index in [1.54, 1.807) is 24.3 Å². The highest BCUT2D eigenvalue weighted by Crippen LogP contribution is 2.23. The van der Waals surface area contributed by atoms with Crippen molar-refractivity contribution >= 4 is 5.84 Å². The number of hydrogen-bond donors (Lipinski definition) is 2. The van der Waals surface area contributed by atoms with Gasteiger partial charge >= 0.3 is 0 Å². The zero-order chi connectivity index (χ0) is 14.4. The van der Waals surface area contributed by atoms with Crippen LogP contribution in [0.15, 0.2) is 41.8 Å². The van der Waals surface area contributed by atoms with Gasteiger partial charge in [-0.05, 0) is 31.2 Å². The fourth-order valence-electron chi connectivity index (χ4n) is 1.51. The topological polar surface area (TPSA) is 103 Å². The summed E-state index contributed by atoms with van der Waals surface area (Å²) < 4.78 is 10.9. The molecular weight excluding hydrogens is 260 g/mol. The maximum Gasteiger partial charge on any atom is 0.249 e. The molecule has 0 spiro atoms.